The minimum atomic E-state index is -0.0425. The molecule has 3 aromatic rings. The third-order valence-electron chi connectivity index (χ3n) is 2.73. The van der Waals surface area contributed by atoms with Gasteiger partial charge < -0.3 is 0 Å². The highest BCUT2D eigenvalue weighted by atomic mass is 35.5. The van der Waals surface area contributed by atoms with Gasteiger partial charge in [0.1, 0.15) is 11.2 Å². The Morgan fingerprint density at radius 3 is 2.65 bits per heavy atom. The summed E-state index contributed by atoms with van der Waals surface area (Å²) >= 11 is 6.00. The van der Waals surface area contributed by atoms with Crippen LogP contribution in [0.2, 0.25) is 5.02 Å². The molecule has 0 saturated heterocycles. The van der Waals surface area contributed by atoms with Crippen LogP contribution in [0.1, 0.15) is 20.8 Å². The highest BCUT2D eigenvalue weighted by molar-refractivity contribution is 6.30. The van der Waals surface area contributed by atoms with Crippen LogP contribution >= 0.6 is 11.6 Å². The number of fused-ring (bicyclic) bond motifs is 3. The number of hydrogen-bond donors (Lipinski definition) is 0. The molecule has 0 radical (unpaired) electrons. The highest BCUT2D eigenvalue weighted by Crippen LogP contribution is 2.21. The number of aromatic nitrogens is 4. The van der Waals surface area contributed by atoms with Crippen molar-refractivity contribution in [3.8, 4) is 0 Å². The van der Waals surface area contributed by atoms with Gasteiger partial charge in [0.25, 0.3) is 0 Å². The second-order valence-electron chi connectivity index (χ2n) is 5.14. The lowest BCUT2D eigenvalue weighted by atomic mass is 10.1. The monoisotopic (exact) mass is 248 g/mol. The molecular weight excluding hydrogens is 236 g/mol. The zero-order valence-electron chi connectivity index (χ0n) is 9.98. The molecule has 0 aliphatic carbocycles. The molecule has 0 bridgehead atoms. The lowest BCUT2D eigenvalue weighted by Gasteiger charge is -2.18. The molecule has 0 aliphatic heterocycles. The van der Waals surface area contributed by atoms with E-state index in [1.807, 2.05) is 33.6 Å². The van der Waals surface area contributed by atoms with Gasteiger partial charge in [-0.3, -0.25) is 9.08 Å². The van der Waals surface area contributed by atoms with E-state index in [1.165, 1.54) is 0 Å². The van der Waals surface area contributed by atoms with Crippen LogP contribution in [-0.2, 0) is 5.54 Å². The Labute approximate surface area is 104 Å². The summed E-state index contributed by atoms with van der Waals surface area (Å²) in [6.45, 7) is 6.33. The standard InChI is InChI=1S/C12H13ClN4/c1-12(2,3)17-7-9-11(15-17)14-10-5-4-8(13)6-16(9)10/h4-7H,1-3H3. The number of pyridine rings is 1. The van der Waals surface area contributed by atoms with Crippen LogP contribution in [0.4, 0.5) is 0 Å². The number of hydrogen-bond acceptors (Lipinski definition) is 2. The van der Waals surface area contributed by atoms with E-state index in [0.29, 0.717) is 5.02 Å². The van der Waals surface area contributed by atoms with Gasteiger partial charge in [-0.15, -0.1) is 0 Å². The van der Waals surface area contributed by atoms with Crippen molar-refractivity contribution >= 4 is 28.4 Å². The minimum absolute atomic E-state index is 0.0425. The van der Waals surface area contributed by atoms with Gasteiger partial charge in [0.2, 0.25) is 0 Å². The van der Waals surface area contributed by atoms with Crippen molar-refractivity contribution in [1.82, 2.24) is 19.2 Å². The third kappa shape index (κ3) is 1.60. The lowest BCUT2D eigenvalue weighted by Crippen LogP contribution is -2.22. The summed E-state index contributed by atoms with van der Waals surface area (Å²) in [5.74, 6) is 0. The van der Waals surface area contributed by atoms with Crippen molar-refractivity contribution in [2.45, 2.75) is 26.3 Å². The lowest BCUT2D eigenvalue weighted by molar-refractivity contribution is 0.357. The molecule has 0 aliphatic rings. The van der Waals surface area contributed by atoms with Gasteiger partial charge in [-0.05, 0) is 32.9 Å². The van der Waals surface area contributed by atoms with Crippen LogP contribution in [0.25, 0.3) is 16.8 Å². The summed E-state index contributed by atoms with van der Waals surface area (Å²) < 4.78 is 3.89. The Hall–Kier alpha value is -1.55. The van der Waals surface area contributed by atoms with E-state index in [1.54, 1.807) is 0 Å². The Morgan fingerprint density at radius 1 is 1.18 bits per heavy atom. The minimum Gasteiger partial charge on any atom is -0.295 e. The maximum Gasteiger partial charge on any atom is 0.200 e. The van der Waals surface area contributed by atoms with Crippen molar-refractivity contribution in [3.05, 3.63) is 29.5 Å². The molecule has 3 heterocycles. The van der Waals surface area contributed by atoms with Gasteiger partial charge in [-0.25, -0.2) is 4.98 Å². The predicted molar refractivity (Wildman–Crippen MR) is 68.5 cm³/mol. The van der Waals surface area contributed by atoms with Crippen molar-refractivity contribution in [1.29, 1.82) is 0 Å². The van der Waals surface area contributed by atoms with E-state index < -0.39 is 0 Å². The molecule has 0 unspecified atom stereocenters. The molecular formula is C12H13ClN4. The van der Waals surface area contributed by atoms with Gasteiger partial charge in [-0.2, -0.15) is 5.10 Å². The normalized spacial score (nSPS) is 12.7. The van der Waals surface area contributed by atoms with Gasteiger partial charge in [0.15, 0.2) is 5.65 Å². The SMILES string of the molecule is CC(C)(C)n1cc2c(nc3ccc(Cl)cn32)n1. The van der Waals surface area contributed by atoms with E-state index in [4.69, 9.17) is 11.6 Å². The Bertz CT molecular complexity index is 702. The van der Waals surface area contributed by atoms with Gasteiger partial charge in [-0.1, -0.05) is 11.6 Å². The second kappa shape index (κ2) is 3.23. The van der Waals surface area contributed by atoms with Gasteiger partial charge >= 0.3 is 0 Å². The highest BCUT2D eigenvalue weighted by Gasteiger charge is 2.17. The van der Waals surface area contributed by atoms with E-state index in [2.05, 4.69) is 30.9 Å². The first kappa shape index (κ1) is 10.6. The molecule has 4 nitrogen and oxygen atoms in total. The molecule has 5 heteroatoms. The summed E-state index contributed by atoms with van der Waals surface area (Å²) in [6, 6.07) is 3.73. The van der Waals surface area contributed by atoms with Crippen LogP contribution in [0.15, 0.2) is 24.5 Å². The van der Waals surface area contributed by atoms with Crippen molar-refractivity contribution < 1.29 is 0 Å². The Balaban J connectivity index is 2.34. The van der Waals surface area contributed by atoms with Crippen molar-refractivity contribution in [3.63, 3.8) is 0 Å². The predicted octanol–water partition coefficient (Wildman–Crippen LogP) is 3.09. The van der Waals surface area contributed by atoms with E-state index in [9.17, 15) is 0 Å². The maximum atomic E-state index is 6.00. The van der Waals surface area contributed by atoms with Crippen LogP contribution in [0.3, 0.4) is 0 Å². The van der Waals surface area contributed by atoms with Crippen LogP contribution < -0.4 is 0 Å². The molecule has 0 atom stereocenters. The summed E-state index contributed by atoms with van der Waals surface area (Å²) in [5, 5.41) is 5.19. The average Bonchev–Trinajstić information content (AvgIpc) is 2.74. The fraction of sp³-hybridized carbons (Fsp3) is 0.333. The van der Waals surface area contributed by atoms with Crippen LogP contribution in [0, 0.1) is 0 Å². The molecule has 88 valence electrons. The molecule has 0 saturated carbocycles. The quantitative estimate of drug-likeness (QED) is 0.613. The zero-order valence-corrected chi connectivity index (χ0v) is 10.7. The van der Waals surface area contributed by atoms with Gasteiger partial charge in [0.05, 0.1) is 16.8 Å². The Kier molecular flexibility index (Phi) is 2.01. The summed E-state index contributed by atoms with van der Waals surface area (Å²) in [6.07, 6.45) is 3.87. The second-order valence-corrected chi connectivity index (χ2v) is 5.58. The maximum absolute atomic E-state index is 6.00. The first-order valence-electron chi connectivity index (χ1n) is 5.49. The third-order valence-corrected chi connectivity index (χ3v) is 2.96. The van der Waals surface area contributed by atoms with Crippen molar-refractivity contribution in [2.24, 2.45) is 0 Å². The number of nitrogens with zero attached hydrogens (tertiary/aromatic N) is 4. The number of rotatable bonds is 0. The summed E-state index contributed by atoms with van der Waals surface area (Å²) in [4.78, 5) is 4.46. The Morgan fingerprint density at radius 2 is 1.94 bits per heavy atom. The first-order valence-corrected chi connectivity index (χ1v) is 5.86. The van der Waals surface area contributed by atoms with Crippen LogP contribution in [-0.4, -0.2) is 19.2 Å². The van der Waals surface area contributed by atoms with E-state index in [0.717, 1.165) is 16.8 Å². The van der Waals surface area contributed by atoms with Crippen molar-refractivity contribution in [2.75, 3.05) is 0 Å². The average molecular weight is 249 g/mol. The molecule has 0 aromatic carbocycles. The molecule has 3 aromatic heterocycles. The molecule has 0 spiro atoms. The van der Waals surface area contributed by atoms with E-state index in [-0.39, 0.29) is 5.54 Å². The fourth-order valence-electron chi connectivity index (χ4n) is 1.81. The molecule has 0 N–H and O–H groups in total. The number of imidazole rings is 1. The number of halogens is 1. The smallest absolute Gasteiger partial charge is 0.200 e. The molecule has 17 heavy (non-hydrogen) atoms. The largest absolute Gasteiger partial charge is 0.295 e. The van der Waals surface area contributed by atoms with Gasteiger partial charge in [0, 0.05) is 6.20 Å². The summed E-state index contributed by atoms with van der Waals surface area (Å²) in [5.41, 5.74) is 2.56. The molecule has 0 fully saturated rings. The molecule has 3 rings (SSSR count). The first-order chi connectivity index (χ1) is 7.95. The molecule has 0 amide bonds. The topological polar surface area (TPSA) is 35.1 Å². The fourth-order valence-corrected chi connectivity index (χ4v) is 1.97. The zero-order chi connectivity index (χ0) is 12.2. The van der Waals surface area contributed by atoms with Crippen LogP contribution in [0.5, 0.6) is 0 Å². The summed E-state index contributed by atoms with van der Waals surface area (Å²) in [7, 11) is 0. The van der Waals surface area contributed by atoms with E-state index >= 15 is 0 Å².